The fourth-order valence-corrected chi connectivity index (χ4v) is 4.00. The highest BCUT2D eigenvalue weighted by atomic mass is 19.2. The summed E-state index contributed by atoms with van der Waals surface area (Å²) < 4.78 is 39.7. The molecular weight excluding hydrogens is 371 g/mol. The number of hydrogen-bond acceptors (Lipinski definition) is 1. The van der Waals surface area contributed by atoms with E-state index in [0.29, 0.717) is 5.92 Å². The summed E-state index contributed by atoms with van der Waals surface area (Å²) in [7, 11) is 0. The molecule has 0 spiro atoms. The van der Waals surface area contributed by atoms with Gasteiger partial charge in [0.15, 0.2) is 5.82 Å². The average Bonchev–Trinajstić information content (AvgIpc) is 2.74. The van der Waals surface area contributed by atoms with E-state index in [-0.39, 0.29) is 11.5 Å². The lowest BCUT2D eigenvalue weighted by Gasteiger charge is -2.26. The van der Waals surface area contributed by atoms with E-state index >= 15 is 0 Å². The first kappa shape index (κ1) is 21.4. The predicted molar refractivity (Wildman–Crippen MR) is 110 cm³/mol. The molecule has 0 saturated heterocycles. The zero-order chi connectivity index (χ0) is 20.6. The molecule has 2 aromatic rings. The van der Waals surface area contributed by atoms with Crippen molar-refractivity contribution >= 4 is 0 Å². The number of rotatable bonds is 6. The molecule has 1 nitrogen and oxygen atoms in total. The number of unbranched alkanes of at least 4 members (excludes halogenated alkanes) is 3. The van der Waals surface area contributed by atoms with Crippen molar-refractivity contribution < 1.29 is 13.2 Å². The highest BCUT2D eigenvalue weighted by Gasteiger charge is 2.21. The van der Waals surface area contributed by atoms with Crippen LogP contribution in [-0.4, -0.2) is 4.98 Å². The molecule has 1 heterocycles. The largest absolute Gasteiger partial charge is 0.251 e. The lowest BCUT2D eigenvalue weighted by Crippen LogP contribution is -2.12. The van der Waals surface area contributed by atoms with Crippen LogP contribution in [0.4, 0.5) is 13.2 Å². The van der Waals surface area contributed by atoms with Crippen LogP contribution < -0.4 is 0 Å². The van der Waals surface area contributed by atoms with E-state index in [1.54, 1.807) is 0 Å². The minimum absolute atomic E-state index is 0.150. The van der Waals surface area contributed by atoms with Gasteiger partial charge in [0.2, 0.25) is 5.95 Å². The molecule has 1 aromatic carbocycles. The SMILES string of the molecule is CCCCCCc1ccc(C2CCC(C#Cc3cc(F)c(F)nc3F)CC2)cc1. The third kappa shape index (κ3) is 6.10. The van der Waals surface area contributed by atoms with Crippen molar-refractivity contribution in [3.63, 3.8) is 0 Å². The van der Waals surface area contributed by atoms with Crippen molar-refractivity contribution in [1.82, 2.24) is 4.98 Å². The second-order valence-corrected chi connectivity index (χ2v) is 7.97. The Morgan fingerprint density at radius 3 is 2.34 bits per heavy atom. The number of aromatic nitrogens is 1. The van der Waals surface area contributed by atoms with E-state index in [4.69, 9.17) is 0 Å². The van der Waals surface area contributed by atoms with Crippen molar-refractivity contribution in [2.45, 2.75) is 70.6 Å². The first-order valence-corrected chi connectivity index (χ1v) is 10.7. The Morgan fingerprint density at radius 2 is 1.66 bits per heavy atom. The molecule has 0 N–H and O–H groups in total. The van der Waals surface area contributed by atoms with Crippen LogP contribution in [0.15, 0.2) is 30.3 Å². The molecule has 0 bridgehead atoms. The predicted octanol–water partition coefficient (Wildman–Crippen LogP) is 6.95. The molecule has 1 aromatic heterocycles. The lowest BCUT2D eigenvalue weighted by molar-refractivity contribution is 0.384. The van der Waals surface area contributed by atoms with Gasteiger partial charge in [0.1, 0.15) is 0 Å². The molecule has 1 aliphatic carbocycles. The Bertz CT molecular complexity index is 856. The quantitative estimate of drug-likeness (QED) is 0.291. The van der Waals surface area contributed by atoms with Crippen LogP contribution in [0.2, 0.25) is 0 Å². The Morgan fingerprint density at radius 1 is 0.931 bits per heavy atom. The summed E-state index contributed by atoms with van der Waals surface area (Å²) in [6.45, 7) is 2.23. The Hall–Kier alpha value is -2.28. The van der Waals surface area contributed by atoms with Crippen LogP contribution in [-0.2, 0) is 6.42 Å². The van der Waals surface area contributed by atoms with Crippen molar-refractivity contribution in [2.75, 3.05) is 0 Å². The summed E-state index contributed by atoms with van der Waals surface area (Å²) in [4.78, 5) is 2.91. The van der Waals surface area contributed by atoms with Crippen LogP contribution in [0.25, 0.3) is 0 Å². The number of benzene rings is 1. The number of pyridine rings is 1. The van der Waals surface area contributed by atoms with Crippen molar-refractivity contribution in [3.8, 4) is 11.8 Å². The Labute approximate surface area is 171 Å². The van der Waals surface area contributed by atoms with E-state index in [2.05, 4.69) is 48.0 Å². The van der Waals surface area contributed by atoms with E-state index < -0.39 is 17.7 Å². The molecular formula is C25H28F3N. The molecule has 0 aliphatic heterocycles. The van der Waals surface area contributed by atoms with Crippen LogP contribution >= 0.6 is 0 Å². The van der Waals surface area contributed by atoms with Gasteiger partial charge in [-0.1, -0.05) is 62.3 Å². The smallest absolute Gasteiger partial charge is 0.202 e. The molecule has 0 unspecified atom stereocenters. The van der Waals surface area contributed by atoms with Gasteiger partial charge < -0.3 is 0 Å². The van der Waals surface area contributed by atoms with Gasteiger partial charge in [0.25, 0.3) is 5.95 Å². The van der Waals surface area contributed by atoms with Crippen LogP contribution in [0.1, 0.15) is 80.9 Å². The molecule has 154 valence electrons. The molecule has 0 amide bonds. The molecule has 0 atom stereocenters. The van der Waals surface area contributed by atoms with E-state index in [9.17, 15) is 13.2 Å². The first-order valence-electron chi connectivity index (χ1n) is 10.7. The van der Waals surface area contributed by atoms with Gasteiger partial charge in [0.05, 0.1) is 5.56 Å². The molecule has 1 fully saturated rings. The summed E-state index contributed by atoms with van der Waals surface area (Å²) in [6.07, 6.45) is 10.2. The standard InChI is InChI=1S/C25H28F3N/c1-2-3-4-5-6-18-7-12-20(13-8-18)21-14-9-19(10-15-21)11-16-22-17-23(26)25(28)29-24(22)27/h7-8,12-13,17,19,21H,2-6,9-10,14-15H2,1H3. The van der Waals surface area contributed by atoms with Crippen molar-refractivity contribution in [2.24, 2.45) is 5.92 Å². The van der Waals surface area contributed by atoms with Crippen LogP contribution in [0, 0.1) is 35.5 Å². The van der Waals surface area contributed by atoms with E-state index in [1.165, 1.54) is 36.8 Å². The van der Waals surface area contributed by atoms with Gasteiger partial charge in [-0.2, -0.15) is 13.8 Å². The maximum Gasteiger partial charge on any atom is 0.251 e. The van der Waals surface area contributed by atoms with Gasteiger partial charge in [-0.15, -0.1) is 0 Å². The monoisotopic (exact) mass is 399 g/mol. The fourth-order valence-electron chi connectivity index (χ4n) is 4.00. The van der Waals surface area contributed by atoms with Crippen molar-refractivity contribution in [1.29, 1.82) is 0 Å². The minimum atomic E-state index is -1.43. The third-order valence-electron chi connectivity index (χ3n) is 5.79. The fraction of sp³-hybridized carbons (Fsp3) is 0.480. The summed E-state index contributed by atoms with van der Waals surface area (Å²) >= 11 is 0. The minimum Gasteiger partial charge on any atom is -0.202 e. The maximum absolute atomic E-state index is 13.6. The second-order valence-electron chi connectivity index (χ2n) is 7.97. The van der Waals surface area contributed by atoms with Gasteiger partial charge in [-0.3, -0.25) is 0 Å². The normalized spacial score (nSPS) is 18.9. The lowest BCUT2D eigenvalue weighted by atomic mass is 9.78. The molecule has 3 rings (SSSR count). The topological polar surface area (TPSA) is 12.9 Å². The number of hydrogen-bond donors (Lipinski definition) is 0. The summed E-state index contributed by atoms with van der Waals surface area (Å²) in [5, 5.41) is 0. The molecule has 1 aliphatic rings. The van der Waals surface area contributed by atoms with Crippen LogP contribution in [0.5, 0.6) is 0 Å². The Balaban J connectivity index is 1.51. The summed E-state index contributed by atoms with van der Waals surface area (Å²) in [5.41, 5.74) is 2.61. The maximum atomic E-state index is 13.6. The average molecular weight is 400 g/mol. The van der Waals surface area contributed by atoms with Gasteiger partial charge in [-0.05, 0) is 61.6 Å². The molecule has 1 saturated carbocycles. The molecule has 4 heteroatoms. The number of nitrogens with zero attached hydrogens (tertiary/aromatic N) is 1. The second kappa shape index (κ2) is 10.5. The molecule has 0 radical (unpaired) electrons. The van der Waals surface area contributed by atoms with Crippen LogP contribution in [0.3, 0.4) is 0 Å². The van der Waals surface area contributed by atoms with Gasteiger partial charge in [-0.25, -0.2) is 4.39 Å². The zero-order valence-corrected chi connectivity index (χ0v) is 17.0. The van der Waals surface area contributed by atoms with Gasteiger partial charge >= 0.3 is 0 Å². The highest BCUT2D eigenvalue weighted by molar-refractivity contribution is 5.34. The first-order chi connectivity index (χ1) is 14.1. The van der Waals surface area contributed by atoms with Crippen molar-refractivity contribution in [3.05, 3.63) is 64.7 Å². The number of aryl methyl sites for hydroxylation is 1. The zero-order valence-electron chi connectivity index (χ0n) is 17.0. The summed E-state index contributed by atoms with van der Waals surface area (Å²) in [6, 6.07) is 9.81. The van der Waals surface area contributed by atoms with E-state index in [0.717, 1.165) is 38.2 Å². The third-order valence-corrected chi connectivity index (χ3v) is 5.79. The van der Waals surface area contributed by atoms with E-state index in [1.807, 2.05) is 0 Å². The summed E-state index contributed by atoms with van der Waals surface area (Å²) in [5.74, 6) is 2.69. The highest BCUT2D eigenvalue weighted by Crippen LogP contribution is 2.35. The Kier molecular flexibility index (Phi) is 7.75. The number of halogens is 3. The molecule has 29 heavy (non-hydrogen) atoms. The van der Waals surface area contributed by atoms with Gasteiger partial charge in [0, 0.05) is 5.92 Å².